The minimum absolute atomic E-state index is 0.166. The largest absolute Gasteiger partial charge is 0.493 e. The van der Waals surface area contributed by atoms with Crippen molar-refractivity contribution < 1.29 is 14.3 Å². The first-order valence-electron chi connectivity index (χ1n) is 11.3. The van der Waals surface area contributed by atoms with Gasteiger partial charge in [-0.2, -0.15) is 5.10 Å². The molecule has 1 N–H and O–H groups in total. The number of amides is 1. The molecule has 178 valence electrons. The van der Waals surface area contributed by atoms with E-state index in [1.807, 2.05) is 55.5 Å². The summed E-state index contributed by atoms with van der Waals surface area (Å²) < 4.78 is 12.7. The molecule has 0 aliphatic heterocycles. The molecule has 0 heterocycles. The summed E-state index contributed by atoms with van der Waals surface area (Å²) in [5.74, 6) is 1.12. The molecule has 0 fully saturated rings. The highest BCUT2D eigenvalue weighted by atomic mass is 127. The molecule has 0 atom stereocenters. The Morgan fingerprint density at radius 1 is 1.00 bits per heavy atom. The van der Waals surface area contributed by atoms with Gasteiger partial charge in [-0.3, -0.25) is 4.79 Å². The number of hydrogen-bond donors (Lipinski definition) is 1. The van der Waals surface area contributed by atoms with Crippen LogP contribution < -0.4 is 14.9 Å². The number of hydrazone groups is 1. The summed E-state index contributed by atoms with van der Waals surface area (Å²) in [4.78, 5) is 12.3. The van der Waals surface area contributed by atoms with E-state index < -0.39 is 0 Å². The second kappa shape index (κ2) is 11.4. The van der Waals surface area contributed by atoms with Crippen molar-refractivity contribution >= 4 is 45.5 Å². The van der Waals surface area contributed by atoms with E-state index in [4.69, 9.17) is 9.47 Å². The maximum atomic E-state index is 12.3. The van der Waals surface area contributed by atoms with Crippen molar-refractivity contribution in [2.45, 2.75) is 26.9 Å². The molecule has 35 heavy (non-hydrogen) atoms. The van der Waals surface area contributed by atoms with Crippen molar-refractivity contribution in [2.24, 2.45) is 5.10 Å². The van der Waals surface area contributed by atoms with Crippen LogP contribution in [0.3, 0.4) is 0 Å². The SMILES string of the molecule is COc1cc(/C=N\NC(=O)Cc2ccc(C)c(C)c2)cc(I)c1OCc1cccc2ccccc12. The van der Waals surface area contributed by atoms with E-state index in [0.717, 1.165) is 20.3 Å². The number of rotatable bonds is 8. The van der Waals surface area contributed by atoms with Crippen LogP contribution in [-0.2, 0) is 17.8 Å². The number of hydrogen-bond acceptors (Lipinski definition) is 4. The number of benzene rings is 4. The summed E-state index contributed by atoms with van der Waals surface area (Å²) in [6.45, 7) is 4.52. The molecule has 4 rings (SSSR count). The second-order valence-electron chi connectivity index (χ2n) is 8.35. The van der Waals surface area contributed by atoms with Gasteiger partial charge in [0.05, 0.1) is 23.3 Å². The highest BCUT2D eigenvalue weighted by molar-refractivity contribution is 14.1. The highest BCUT2D eigenvalue weighted by Crippen LogP contribution is 2.34. The number of fused-ring (bicyclic) bond motifs is 1. The topological polar surface area (TPSA) is 59.9 Å². The minimum atomic E-state index is -0.166. The first kappa shape index (κ1) is 24.7. The fourth-order valence-corrected chi connectivity index (χ4v) is 4.62. The molecule has 0 aliphatic carbocycles. The van der Waals surface area contributed by atoms with Crippen LogP contribution in [0.15, 0.2) is 77.9 Å². The van der Waals surface area contributed by atoms with Crippen molar-refractivity contribution in [3.8, 4) is 11.5 Å². The first-order valence-corrected chi connectivity index (χ1v) is 12.4. The van der Waals surface area contributed by atoms with Gasteiger partial charge in [-0.25, -0.2) is 5.43 Å². The Hall–Kier alpha value is -3.39. The second-order valence-corrected chi connectivity index (χ2v) is 9.51. The first-order chi connectivity index (χ1) is 16.9. The molecule has 0 aliphatic rings. The van der Waals surface area contributed by atoms with E-state index >= 15 is 0 Å². The Kier molecular flexibility index (Phi) is 8.02. The molecule has 0 aromatic heterocycles. The maximum absolute atomic E-state index is 12.3. The Labute approximate surface area is 219 Å². The molecule has 4 aromatic carbocycles. The Balaban J connectivity index is 1.42. The van der Waals surface area contributed by atoms with Crippen LogP contribution in [0.2, 0.25) is 0 Å². The molecular weight excluding hydrogens is 551 g/mol. The van der Waals surface area contributed by atoms with Gasteiger partial charge in [-0.15, -0.1) is 0 Å². The van der Waals surface area contributed by atoms with E-state index in [1.54, 1.807) is 13.3 Å². The molecule has 0 radical (unpaired) electrons. The molecular formula is C29H27IN2O3. The Bertz CT molecular complexity index is 1390. The summed E-state index contributed by atoms with van der Waals surface area (Å²) in [7, 11) is 1.61. The van der Waals surface area contributed by atoms with Gasteiger partial charge >= 0.3 is 0 Å². The quantitative estimate of drug-likeness (QED) is 0.151. The van der Waals surface area contributed by atoms with Crippen LogP contribution >= 0.6 is 22.6 Å². The molecule has 0 bridgehead atoms. The predicted octanol–water partition coefficient (Wildman–Crippen LogP) is 6.34. The zero-order valence-electron chi connectivity index (χ0n) is 20.0. The van der Waals surface area contributed by atoms with Crippen LogP contribution in [0.5, 0.6) is 11.5 Å². The molecule has 0 saturated heterocycles. The molecule has 0 unspecified atom stereocenters. The molecule has 0 spiro atoms. The van der Waals surface area contributed by atoms with Crippen molar-refractivity contribution in [2.75, 3.05) is 7.11 Å². The van der Waals surface area contributed by atoms with E-state index in [2.05, 4.69) is 64.3 Å². The lowest BCUT2D eigenvalue weighted by molar-refractivity contribution is -0.120. The number of carbonyl (C=O) groups excluding carboxylic acids is 1. The number of halogens is 1. The maximum Gasteiger partial charge on any atom is 0.244 e. The average molecular weight is 578 g/mol. The van der Waals surface area contributed by atoms with Crippen LogP contribution in [-0.4, -0.2) is 19.2 Å². The normalized spacial score (nSPS) is 11.1. The Morgan fingerprint density at radius 2 is 1.80 bits per heavy atom. The van der Waals surface area contributed by atoms with Crippen LogP contribution in [0.1, 0.15) is 27.8 Å². The fourth-order valence-electron chi connectivity index (χ4n) is 3.84. The fraction of sp³-hybridized carbons (Fsp3) is 0.172. The van der Waals surface area contributed by atoms with Crippen LogP contribution in [0.4, 0.5) is 0 Å². The molecule has 0 saturated carbocycles. The third-order valence-corrected chi connectivity index (χ3v) is 6.64. The summed E-state index contributed by atoms with van der Waals surface area (Å²) >= 11 is 2.23. The van der Waals surface area contributed by atoms with Crippen molar-refractivity contribution in [3.63, 3.8) is 0 Å². The van der Waals surface area contributed by atoms with Gasteiger partial charge in [0, 0.05) is 0 Å². The lowest BCUT2D eigenvalue weighted by Crippen LogP contribution is -2.19. The van der Waals surface area contributed by atoms with Gasteiger partial charge in [-0.1, -0.05) is 60.7 Å². The number of methoxy groups -OCH3 is 1. The van der Waals surface area contributed by atoms with Gasteiger partial charge in [0.15, 0.2) is 11.5 Å². The minimum Gasteiger partial charge on any atom is -0.493 e. The van der Waals surface area contributed by atoms with Gasteiger partial charge in [0.1, 0.15) is 6.61 Å². The number of ether oxygens (including phenoxy) is 2. The van der Waals surface area contributed by atoms with Crippen molar-refractivity contribution in [3.05, 3.63) is 104 Å². The van der Waals surface area contributed by atoms with Crippen LogP contribution in [0, 0.1) is 17.4 Å². The number of carbonyl (C=O) groups is 1. The lowest BCUT2D eigenvalue weighted by Gasteiger charge is -2.14. The molecule has 5 nitrogen and oxygen atoms in total. The standard InChI is InChI=1S/C29H27IN2O3/c1-19-11-12-21(13-20(19)2)16-28(33)32-31-17-22-14-26(30)29(27(15-22)34-3)35-18-24-9-6-8-23-7-4-5-10-25(23)24/h4-15,17H,16,18H2,1-3H3,(H,32,33)/b31-17-. The third kappa shape index (κ3) is 6.19. The van der Waals surface area contributed by atoms with Gasteiger partial charge < -0.3 is 9.47 Å². The van der Waals surface area contributed by atoms with Crippen LogP contribution in [0.25, 0.3) is 10.8 Å². The Morgan fingerprint density at radius 3 is 2.60 bits per heavy atom. The van der Waals surface area contributed by atoms with Gasteiger partial charge in [0.25, 0.3) is 0 Å². The van der Waals surface area contributed by atoms with E-state index in [9.17, 15) is 4.79 Å². The summed E-state index contributed by atoms with van der Waals surface area (Å²) in [6, 6.07) is 24.3. The van der Waals surface area contributed by atoms with E-state index in [-0.39, 0.29) is 12.3 Å². The molecule has 4 aromatic rings. The zero-order chi connectivity index (χ0) is 24.8. The van der Waals surface area contributed by atoms with E-state index in [0.29, 0.717) is 18.1 Å². The highest BCUT2D eigenvalue weighted by Gasteiger charge is 2.12. The van der Waals surface area contributed by atoms with Gasteiger partial charge in [-0.05, 0) is 87.2 Å². The van der Waals surface area contributed by atoms with Crippen molar-refractivity contribution in [1.82, 2.24) is 5.43 Å². The van der Waals surface area contributed by atoms with E-state index in [1.165, 1.54) is 21.9 Å². The van der Waals surface area contributed by atoms with Crippen molar-refractivity contribution in [1.29, 1.82) is 0 Å². The predicted molar refractivity (Wildman–Crippen MR) is 149 cm³/mol. The summed E-state index contributed by atoms with van der Waals surface area (Å²) in [6.07, 6.45) is 1.89. The number of nitrogens with zero attached hydrogens (tertiary/aromatic N) is 1. The molecule has 6 heteroatoms. The number of aryl methyl sites for hydroxylation is 2. The molecule has 1 amide bonds. The summed E-state index contributed by atoms with van der Waals surface area (Å²) in [5.41, 5.74) is 7.86. The lowest BCUT2D eigenvalue weighted by atomic mass is 10.0. The third-order valence-electron chi connectivity index (χ3n) is 5.84. The van der Waals surface area contributed by atoms with Gasteiger partial charge in [0.2, 0.25) is 5.91 Å². The smallest absolute Gasteiger partial charge is 0.244 e. The number of nitrogens with one attached hydrogen (secondary N) is 1. The average Bonchev–Trinajstić information content (AvgIpc) is 2.85. The zero-order valence-corrected chi connectivity index (χ0v) is 22.1. The summed E-state index contributed by atoms with van der Waals surface area (Å²) in [5, 5.41) is 6.48. The monoisotopic (exact) mass is 578 g/mol.